The quantitative estimate of drug-likeness (QED) is 0.336. The number of aromatic nitrogens is 1. The Hall–Kier alpha value is -3.80. The van der Waals surface area contributed by atoms with Crippen LogP contribution in [-0.4, -0.2) is 39.3 Å². The largest absolute Gasteiger partial charge is 0.486 e. The Labute approximate surface area is 224 Å². The molecule has 0 saturated carbocycles. The van der Waals surface area contributed by atoms with Crippen molar-refractivity contribution < 1.29 is 40.4 Å². The summed E-state index contributed by atoms with van der Waals surface area (Å²) in [4.78, 5) is 11.2. The van der Waals surface area contributed by atoms with Gasteiger partial charge >= 0.3 is 12.1 Å². The minimum absolute atomic E-state index is 0.0224. The summed E-state index contributed by atoms with van der Waals surface area (Å²) in [6.45, 7) is 5.24. The number of methoxy groups -OCH3 is 1. The minimum Gasteiger partial charge on any atom is -0.486 e. The number of sulfonamides is 1. The Morgan fingerprint density at radius 3 is 2.59 bits per heavy atom. The van der Waals surface area contributed by atoms with Crippen LogP contribution in [0.5, 0.6) is 5.75 Å². The number of fused-ring (bicyclic) bond motifs is 1. The van der Waals surface area contributed by atoms with Crippen LogP contribution in [0.3, 0.4) is 0 Å². The van der Waals surface area contributed by atoms with Gasteiger partial charge in [0.05, 0.1) is 35.5 Å². The van der Waals surface area contributed by atoms with E-state index >= 15 is 0 Å². The highest BCUT2D eigenvalue weighted by molar-refractivity contribution is 7.92. The normalized spacial score (nSPS) is 16.0. The molecule has 208 valence electrons. The highest BCUT2D eigenvalue weighted by atomic mass is 32.2. The van der Waals surface area contributed by atoms with E-state index in [4.69, 9.17) is 9.26 Å². The number of carbonyl (C=O) groups is 1. The Kier molecular flexibility index (Phi) is 7.78. The van der Waals surface area contributed by atoms with Gasteiger partial charge in [-0.05, 0) is 68.7 Å². The SMILES string of the molecule is COC(=O)CCC1CN(S(=O)(=O)c2cccc(C(F)(F)F)c2)c2cc(/C=C(\C)c3c(C)noc3C)ccc2O1. The van der Waals surface area contributed by atoms with E-state index in [2.05, 4.69) is 9.89 Å². The Bertz CT molecular complexity index is 1510. The van der Waals surface area contributed by atoms with E-state index in [1.54, 1.807) is 25.1 Å². The van der Waals surface area contributed by atoms with E-state index in [9.17, 15) is 26.4 Å². The molecule has 0 fully saturated rings. The number of ether oxygens (including phenoxy) is 2. The van der Waals surface area contributed by atoms with Crippen LogP contribution in [0.1, 0.15) is 47.9 Å². The zero-order valence-electron chi connectivity index (χ0n) is 21.7. The first-order valence-electron chi connectivity index (χ1n) is 12.0. The molecule has 0 spiro atoms. The predicted octanol–water partition coefficient (Wildman–Crippen LogP) is 5.78. The third-order valence-corrected chi connectivity index (χ3v) is 8.15. The van der Waals surface area contributed by atoms with Gasteiger partial charge in [0, 0.05) is 12.0 Å². The molecule has 0 amide bonds. The Balaban J connectivity index is 1.78. The lowest BCUT2D eigenvalue weighted by Gasteiger charge is -2.35. The topological polar surface area (TPSA) is 98.9 Å². The van der Waals surface area contributed by atoms with Crippen LogP contribution in [0.15, 0.2) is 51.9 Å². The molecule has 1 aromatic heterocycles. The molecular formula is C27H27F3N2O6S. The number of carbonyl (C=O) groups excluding carboxylic acids is 1. The summed E-state index contributed by atoms with van der Waals surface area (Å²) in [5.74, 6) is 0.357. The smallest absolute Gasteiger partial charge is 0.416 e. The number of halogens is 3. The standard InChI is InChI=1S/C27H27F3N2O6S/c1-16(26-17(2)31-38-18(26)3)12-19-8-10-24-23(13-19)32(15-21(37-24)9-11-25(33)36-4)39(34,35)22-7-5-6-20(14-22)27(28,29)30/h5-8,10,12-14,21H,9,11,15H2,1-4H3/b16-12+. The van der Waals surface area contributed by atoms with Gasteiger partial charge < -0.3 is 14.0 Å². The second-order valence-corrected chi connectivity index (χ2v) is 11.0. The molecule has 0 aliphatic carbocycles. The molecule has 8 nitrogen and oxygen atoms in total. The number of allylic oxidation sites excluding steroid dienone is 1. The third kappa shape index (κ3) is 5.95. The summed E-state index contributed by atoms with van der Waals surface area (Å²) in [5, 5.41) is 3.96. The van der Waals surface area contributed by atoms with E-state index < -0.39 is 38.7 Å². The fourth-order valence-corrected chi connectivity index (χ4v) is 6.05. The molecule has 3 aromatic rings. The molecule has 2 heterocycles. The molecule has 0 radical (unpaired) electrons. The van der Waals surface area contributed by atoms with Crippen LogP contribution in [0.25, 0.3) is 11.6 Å². The minimum atomic E-state index is -4.72. The third-order valence-electron chi connectivity index (χ3n) is 6.37. The number of anilines is 1. The van der Waals surface area contributed by atoms with E-state index in [1.807, 2.05) is 19.9 Å². The van der Waals surface area contributed by atoms with E-state index in [-0.39, 0.29) is 30.8 Å². The van der Waals surface area contributed by atoms with Crippen molar-refractivity contribution in [2.75, 3.05) is 18.0 Å². The highest BCUT2D eigenvalue weighted by Crippen LogP contribution is 2.40. The van der Waals surface area contributed by atoms with Gasteiger partial charge in [-0.3, -0.25) is 9.10 Å². The molecule has 1 unspecified atom stereocenters. The van der Waals surface area contributed by atoms with Crippen molar-refractivity contribution in [2.24, 2.45) is 0 Å². The maximum atomic E-state index is 13.8. The fraction of sp³-hybridized carbons (Fsp3) is 0.333. The van der Waals surface area contributed by atoms with Crippen molar-refractivity contribution >= 4 is 33.3 Å². The van der Waals surface area contributed by atoms with Crippen LogP contribution < -0.4 is 9.04 Å². The Morgan fingerprint density at radius 1 is 1.21 bits per heavy atom. The predicted molar refractivity (Wildman–Crippen MR) is 138 cm³/mol. The average molecular weight is 565 g/mol. The van der Waals surface area contributed by atoms with Gasteiger partial charge in [0.2, 0.25) is 0 Å². The van der Waals surface area contributed by atoms with Crippen molar-refractivity contribution in [2.45, 2.75) is 50.8 Å². The second-order valence-electron chi connectivity index (χ2n) is 9.17. The van der Waals surface area contributed by atoms with Gasteiger partial charge in [0.1, 0.15) is 17.6 Å². The molecule has 0 saturated heterocycles. The molecule has 1 atom stereocenters. The van der Waals surface area contributed by atoms with Gasteiger partial charge in [-0.2, -0.15) is 13.2 Å². The molecule has 0 N–H and O–H groups in total. The molecule has 4 rings (SSSR count). The molecule has 39 heavy (non-hydrogen) atoms. The molecule has 1 aliphatic heterocycles. The summed E-state index contributed by atoms with van der Waals surface area (Å²) in [7, 11) is -3.21. The lowest BCUT2D eigenvalue weighted by Crippen LogP contribution is -2.43. The molecule has 2 aromatic carbocycles. The number of aryl methyl sites for hydroxylation is 2. The number of alkyl halides is 3. The second kappa shape index (κ2) is 10.8. The molecular weight excluding hydrogens is 537 g/mol. The lowest BCUT2D eigenvalue weighted by molar-refractivity contribution is -0.141. The summed E-state index contributed by atoms with van der Waals surface area (Å²) < 4.78 is 84.5. The summed E-state index contributed by atoms with van der Waals surface area (Å²) in [5.41, 5.74) is 2.07. The van der Waals surface area contributed by atoms with Crippen LogP contribution in [0.4, 0.5) is 18.9 Å². The van der Waals surface area contributed by atoms with Crippen LogP contribution in [-0.2, 0) is 25.7 Å². The van der Waals surface area contributed by atoms with Crippen LogP contribution in [0, 0.1) is 13.8 Å². The fourth-order valence-electron chi connectivity index (χ4n) is 4.51. The summed E-state index contributed by atoms with van der Waals surface area (Å²) in [6, 6.07) is 8.52. The van der Waals surface area contributed by atoms with Crippen molar-refractivity contribution in [3.05, 3.63) is 70.6 Å². The maximum absolute atomic E-state index is 13.8. The van der Waals surface area contributed by atoms with E-state index in [0.29, 0.717) is 23.1 Å². The molecule has 12 heteroatoms. The van der Waals surface area contributed by atoms with Crippen LogP contribution >= 0.6 is 0 Å². The van der Waals surface area contributed by atoms with Crippen molar-refractivity contribution in [3.8, 4) is 5.75 Å². The summed E-state index contributed by atoms with van der Waals surface area (Å²) >= 11 is 0. The molecule has 0 bridgehead atoms. The highest BCUT2D eigenvalue weighted by Gasteiger charge is 2.37. The number of hydrogen-bond donors (Lipinski definition) is 0. The first-order chi connectivity index (χ1) is 18.3. The number of esters is 1. The average Bonchev–Trinajstić information content (AvgIpc) is 3.23. The van der Waals surface area contributed by atoms with Gasteiger partial charge in [-0.1, -0.05) is 23.4 Å². The monoisotopic (exact) mass is 564 g/mol. The first kappa shape index (κ1) is 28.2. The molecule has 1 aliphatic rings. The maximum Gasteiger partial charge on any atom is 0.416 e. The van der Waals surface area contributed by atoms with E-state index in [1.165, 1.54) is 7.11 Å². The van der Waals surface area contributed by atoms with Crippen LogP contribution in [0.2, 0.25) is 0 Å². The van der Waals surface area contributed by atoms with E-state index in [0.717, 1.165) is 33.6 Å². The van der Waals surface area contributed by atoms with Gasteiger partial charge in [0.15, 0.2) is 0 Å². The first-order valence-corrected chi connectivity index (χ1v) is 13.4. The zero-order valence-corrected chi connectivity index (χ0v) is 22.5. The Morgan fingerprint density at radius 2 is 1.95 bits per heavy atom. The number of rotatable bonds is 7. The van der Waals surface area contributed by atoms with Crippen molar-refractivity contribution in [3.63, 3.8) is 0 Å². The van der Waals surface area contributed by atoms with Crippen molar-refractivity contribution in [1.29, 1.82) is 0 Å². The summed E-state index contributed by atoms with van der Waals surface area (Å²) in [6.07, 6.45) is -3.50. The number of nitrogens with zero attached hydrogens (tertiary/aromatic N) is 2. The van der Waals surface area contributed by atoms with Gasteiger partial charge in [-0.15, -0.1) is 0 Å². The number of benzene rings is 2. The number of hydrogen-bond acceptors (Lipinski definition) is 7. The van der Waals surface area contributed by atoms with Gasteiger partial charge in [0.25, 0.3) is 10.0 Å². The lowest BCUT2D eigenvalue weighted by atomic mass is 10.0. The zero-order chi connectivity index (χ0) is 28.5. The van der Waals surface area contributed by atoms with Gasteiger partial charge in [-0.25, -0.2) is 8.42 Å². The van der Waals surface area contributed by atoms with Crippen molar-refractivity contribution in [1.82, 2.24) is 5.16 Å².